The Kier molecular flexibility index (Phi) is 6.99. The molecule has 3 nitrogen and oxygen atoms in total. The third-order valence-electron chi connectivity index (χ3n) is 5.62. The van der Waals surface area contributed by atoms with E-state index in [1.54, 1.807) is 7.11 Å². The van der Waals surface area contributed by atoms with Gasteiger partial charge in [0, 0.05) is 10.6 Å². The van der Waals surface area contributed by atoms with Gasteiger partial charge in [0.05, 0.1) is 12.0 Å². The van der Waals surface area contributed by atoms with E-state index in [0.29, 0.717) is 4.88 Å². The zero-order chi connectivity index (χ0) is 21.7. The minimum atomic E-state index is -0.0947. The second-order valence-corrected chi connectivity index (χ2v) is 9.65. The van der Waals surface area contributed by atoms with Gasteiger partial charge in [-0.25, -0.2) is 0 Å². The molecule has 2 aromatic rings. The van der Waals surface area contributed by atoms with Crippen molar-refractivity contribution in [3.05, 3.63) is 75.0 Å². The highest BCUT2D eigenvalue weighted by Gasteiger charge is 2.26. The molecule has 1 N–H and O–H groups in total. The standard InChI is InChI=1S/C26H31NO2S/c1-18(8-14-23-19(2)7-6-16-26(23,3)4)17-22-13-15-24(30-22)25(28)27-20-9-11-21(29-5)12-10-20/h8-15,17H,6-7,16H2,1-5H3,(H,27,28). The molecule has 30 heavy (non-hydrogen) atoms. The molecular weight excluding hydrogens is 390 g/mol. The number of carbonyl (C=O) groups excluding carboxylic acids is 1. The van der Waals surface area contributed by atoms with Gasteiger partial charge in [0.2, 0.25) is 0 Å². The van der Waals surface area contributed by atoms with Gasteiger partial charge in [0.25, 0.3) is 5.91 Å². The molecule has 0 unspecified atom stereocenters. The van der Waals surface area contributed by atoms with Crippen LogP contribution in [0.1, 0.15) is 61.5 Å². The predicted molar refractivity (Wildman–Crippen MR) is 128 cm³/mol. The van der Waals surface area contributed by atoms with Crippen LogP contribution in [0, 0.1) is 5.41 Å². The Morgan fingerprint density at radius 2 is 1.90 bits per heavy atom. The molecule has 1 aromatic carbocycles. The van der Waals surface area contributed by atoms with E-state index < -0.39 is 0 Å². The summed E-state index contributed by atoms with van der Waals surface area (Å²) in [7, 11) is 1.62. The molecule has 0 aliphatic heterocycles. The fraction of sp³-hybridized carbons (Fsp3) is 0.346. The van der Waals surface area contributed by atoms with Crippen LogP contribution < -0.4 is 10.1 Å². The van der Waals surface area contributed by atoms with Crippen molar-refractivity contribution >= 4 is 29.0 Å². The van der Waals surface area contributed by atoms with Crippen molar-refractivity contribution in [2.75, 3.05) is 12.4 Å². The van der Waals surface area contributed by atoms with E-state index in [1.807, 2.05) is 36.4 Å². The van der Waals surface area contributed by atoms with E-state index >= 15 is 0 Å². The van der Waals surface area contributed by atoms with E-state index in [1.165, 1.54) is 47.3 Å². The molecule has 4 heteroatoms. The lowest BCUT2D eigenvalue weighted by molar-refractivity contribution is 0.103. The summed E-state index contributed by atoms with van der Waals surface area (Å²) in [6, 6.07) is 11.2. The number of allylic oxidation sites excluding steroid dienone is 5. The molecule has 0 bridgehead atoms. The lowest BCUT2D eigenvalue weighted by atomic mass is 9.72. The van der Waals surface area contributed by atoms with Crippen molar-refractivity contribution in [3.63, 3.8) is 0 Å². The van der Waals surface area contributed by atoms with E-state index in [0.717, 1.165) is 16.3 Å². The first-order valence-electron chi connectivity index (χ1n) is 10.4. The highest BCUT2D eigenvalue weighted by molar-refractivity contribution is 7.15. The van der Waals surface area contributed by atoms with Gasteiger partial charge in [-0.1, -0.05) is 31.6 Å². The third-order valence-corrected chi connectivity index (χ3v) is 6.65. The first-order chi connectivity index (χ1) is 14.3. The summed E-state index contributed by atoms with van der Waals surface area (Å²) < 4.78 is 5.15. The summed E-state index contributed by atoms with van der Waals surface area (Å²) in [6.07, 6.45) is 10.3. The summed E-state index contributed by atoms with van der Waals surface area (Å²) in [5, 5.41) is 2.93. The van der Waals surface area contributed by atoms with Crippen LogP contribution >= 0.6 is 11.3 Å². The number of anilines is 1. The zero-order valence-corrected chi connectivity index (χ0v) is 19.4. The van der Waals surface area contributed by atoms with E-state index in [-0.39, 0.29) is 11.3 Å². The Labute approximate surface area is 184 Å². The number of hydrogen-bond acceptors (Lipinski definition) is 3. The Hall–Kier alpha value is -2.59. The second kappa shape index (κ2) is 9.48. The third kappa shape index (κ3) is 5.51. The van der Waals surface area contributed by atoms with Gasteiger partial charge in [-0.2, -0.15) is 0 Å². The number of ether oxygens (including phenoxy) is 1. The Morgan fingerprint density at radius 3 is 2.57 bits per heavy atom. The summed E-state index contributed by atoms with van der Waals surface area (Å²) in [5.41, 5.74) is 5.15. The summed E-state index contributed by atoms with van der Waals surface area (Å²) >= 11 is 1.50. The molecule has 0 saturated heterocycles. The molecule has 1 aliphatic carbocycles. The molecule has 1 aromatic heterocycles. The fourth-order valence-corrected chi connectivity index (χ4v) is 4.83. The number of carbonyl (C=O) groups is 1. The van der Waals surface area contributed by atoms with Gasteiger partial charge in [0.15, 0.2) is 0 Å². The minimum Gasteiger partial charge on any atom is -0.497 e. The molecular formula is C26H31NO2S. The van der Waals surface area contributed by atoms with Gasteiger partial charge in [0.1, 0.15) is 5.75 Å². The molecule has 1 amide bonds. The Morgan fingerprint density at radius 1 is 1.17 bits per heavy atom. The first-order valence-corrected chi connectivity index (χ1v) is 11.2. The number of benzene rings is 1. The number of thiophene rings is 1. The topological polar surface area (TPSA) is 38.3 Å². The van der Waals surface area contributed by atoms with Crippen molar-refractivity contribution < 1.29 is 9.53 Å². The molecule has 1 aliphatic rings. The summed E-state index contributed by atoms with van der Waals surface area (Å²) in [4.78, 5) is 14.3. The van der Waals surface area contributed by atoms with Gasteiger partial charge in [-0.15, -0.1) is 11.3 Å². The normalized spacial score (nSPS) is 16.8. The van der Waals surface area contributed by atoms with Gasteiger partial charge in [-0.3, -0.25) is 4.79 Å². The van der Waals surface area contributed by atoms with Crippen LogP contribution in [-0.2, 0) is 0 Å². The fourth-order valence-electron chi connectivity index (χ4n) is 3.92. The zero-order valence-electron chi connectivity index (χ0n) is 18.5. The predicted octanol–water partition coefficient (Wildman–Crippen LogP) is 7.50. The highest BCUT2D eigenvalue weighted by atomic mass is 32.1. The van der Waals surface area contributed by atoms with Crippen molar-refractivity contribution in [3.8, 4) is 5.75 Å². The second-order valence-electron chi connectivity index (χ2n) is 8.54. The maximum atomic E-state index is 12.5. The van der Waals surface area contributed by atoms with Crippen LogP contribution in [0.25, 0.3) is 6.08 Å². The molecule has 158 valence electrons. The molecule has 0 atom stereocenters. The number of hydrogen-bond donors (Lipinski definition) is 1. The van der Waals surface area contributed by atoms with Crippen LogP contribution in [0.5, 0.6) is 5.75 Å². The molecule has 3 rings (SSSR count). The molecule has 0 saturated carbocycles. The van der Waals surface area contributed by atoms with Crippen molar-refractivity contribution in [1.82, 2.24) is 0 Å². The lowest BCUT2D eigenvalue weighted by Crippen LogP contribution is -2.19. The maximum Gasteiger partial charge on any atom is 0.265 e. The number of methoxy groups -OCH3 is 1. The SMILES string of the molecule is COc1ccc(NC(=O)c2ccc(C=C(C)C=CC3=C(C)CCCC3(C)C)s2)cc1. The Balaban J connectivity index is 1.67. The molecule has 0 spiro atoms. The van der Waals surface area contributed by atoms with Crippen LogP contribution in [-0.4, -0.2) is 13.0 Å². The van der Waals surface area contributed by atoms with Gasteiger partial charge in [-0.05, 0) is 92.1 Å². The van der Waals surface area contributed by atoms with E-state index in [9.17, 15) is 4.79 Å². The number of amides is 1. The monoisotopic (exact) mass is 421 g/mol. The average Bonchev–Trinajstić information content (AvgIpc) is 3.16. The minimum absolute atomic E-state index is 0.0947. The van der Waals surface area contributed by atoms with Crippen LogP contribution in [0.2, 0.25) is 0 Å². The van der Waals surface area contributed by atoms with Crippen LogP contribution in [0.4, 0.5) is 5.69 Å². The van der Waals surface area contributed by atoms with E-state index in [2.05, 4.69) is 51.2 Å². The van der Waals surface area contributed by atoms with E-state index in [4.69, 9.17) is 4.74 Å². The van der Waals surface area contributed by atoms with Crippen molar-refractivity contribution in [1.29, 1.82) is 0 Å². The number of nitrogens with one attached hydrogen (secondary N) is 1. The average molecular weight is 422 g/mol. The summed E-state index contributed by atoms with van der Waals surface area (Å²) in [5.74, 6) is 0.672. The van der Waals surface area contributed by atoms with Crippen molar-refractivity contribution in [2.45, 2.75) is 47.0 Å². The quantitative estimate of drug-likeness (QED) is 0.491. The first kappa shape index (κ1) is 22.1. The largest absolute Gasteiger partial charge is 0.497 e. The molecule has 1 heterocycles. The highest BCUT2D eigenvalue weighted by Crippen LogP contribution is 2.40. The smallest absolute Gasteiger partial charge is 0.265 e. The maximum absolute atomic E-state index is 12.5. The van der Waals surface area contributed by atoms with Gasteiger partial charge >= 0.3 is 0 Å². The van der Waals surface area contributed by atoms with Crippen LogP contribution in [0.15, 0.2) is 65.3 Å². The van der Waals surface area contributed by atoms with Crippen molar-refractivity contribution in [2.24, 2.45) is 5.41 Å². The molecule has 0 radical (unpaired) electrons. The molecule has 0 fully saturated rings. The Bertz CT molecular complexity index is 990. The number of rotatable bonds is 6. The van der Waals surface area contributed by atoms with Crippen LogP contribution in [0.3, 0.4) is 0 Å². The van der Waals surface area contributed by atoms with Gasteiger partial charge < -0.3 is 10.1 Å². The lowest BCUT2D eigenvalue weighted by Gasteiger charge is -2.32. The summed E-state index contributed by atoms with van der Waals surface area (Å²) in [6.45, 7) is 9.04.